The van der Waals surface area contributed by atoms with Crippen molar-refractivity contribution in [3.8, 4) is 51.2 Å². The summed E-state index contributed by atoms with van der Waals surface area (Å²) in [5.74, 6) is 3.15. The topological polar surface area (TPSA) is 35.5 Å². The maximum atomic E-state index is 6.65. The van der Waals surface area contributed by atoms with Crippen molar-refractivity contribution in [2.75, 3.05) is 14.2 Å². The van der Waals surface area contributed by atoms with Gasteiger partial charge in [-0.25, -0.2) is 0 Å². The molecule has 162 valence electrons. The molecule has 0 saturated heterocycles. The van der Waals surface area contributed by atoms with E-state index < -0.39 is 0 Å². The largest absolute Gasteiger partial charge is 0.497 e. The number of benzene rings is 4. The first-order chi connectivity index (χ1) is 16.3. The van der Waals surface area contributed by atoms with Gasteiger partial charge in [0, 0.05) is 17.7 Å². The lowest BCUT2D eigenvalue weighted by atomic mass is 10.0. The molecule has 0 spiro atoms. The fraction of sp³-hybridized carbons (Fsp3) is 0.0690. The molecule has 5 rings (SSSR count). The van der Waals surface area contributed by atoms with Crippen LogP contribution in [0.5, 0.6) is 11.5 Å². The van der Waals surface area contributed by atoms with Gasteiger partial charge in [0.15, 0.2) is 0 Å². The van der Waals surface area contributed by atoms with Gasteiger partial charge < -0.3 is 13.9 Å². The molecule has 33 heavy (non-hydrogen) atoms. The van der Waals surface area contributed by atoms with Gasteiger partial charge in [-0.1, -0.05) is 36.4 Å². The number of oxazole rings is 1. The van der Waals surface area contributed by atoms with Gasteiger partial charge in [0.05, 0.1) is 25.3 Å². The molecule has 1 aromatic heterocycles. The van der Waals surface area contributed by atoms with Crippen LogP contribution in [0.25, 0.3) is 39.7 Å². The molecule has 0 fully saturated rings. The molecule has 4 aromatic carbocycles. The summed E-state index contributed by atoms with van der Waals surface area (Å²) in [6.45, 7) is 0. The van der Waals surface area contributed by atoms with E-state index in [-0.39, 0.29) is 0 Å². The van der Waals surface area contributed by atoms with Gasteiger partial charge in [0.25, 0.3) is 5.69 Å². The number of aromatic nitrogens is 1. The molecule has 0 N–H and O–H groups in total. The van der Waals surface area contributed by atoms with Crippen LogP contribution < -0.4 is 14.0 Å². The van der Waals surface area contributed by atoms with Gasteiger partial charge in [0.1, 0.15) is 11.5 Å². The van der Waals surface area contributed by atoms with Gasteiger partial charge in [-0.2, -0.15) is 0 Å². The van der Waals surface area contributed by atoms with Crippen LogP contribution in [0.3, 0.4) is 0 Å². The summed E-state index contributed by atoms with van der Waals surface area (Å²) in [7, 11) is 3.34. The van der Waals surface area contributed by atoms with Crippen molar-refractivity contribution >= 4 is 0 Å². The first-order valence-electron chi connectivity index (χ1n) is 10.8. The van der Waals surface area contributed by atoms with Gasteiger partial charge in [-0.05, 0) is 60.7 Å². The smallest absolute Gasteiger partial charge is 0.387 e. The second kappa shape index (κ2) is 9.05. The lowest BCUT2D eigenvalue weighted by Crippen LogP contribution is -2.33. The van der Waals surface area contributed by atoms with Crippen LogP contribution in [0, 0.1) is 0 Å². The van der Waals surface area contributed by atoms with E-state index in [1.165, 1.54) is 0 Å². The average molecular weight is 435 g/mol. The maximum absolute atomic E-state index is 6.65. The lowest BCUT2D eigenvalue weighted by molar-refractivity contribution is -0.575. The van der Waals surface area contributed by atoms with Crippen LogP contribution in [0.4, 0.5) is 0 Å². The Bertz CT molecular complexity index is 1340. The maximum Gasteiger partial charge on any atom is 0.387 e. The van der Waals surface area contributed by atoms with Crippen molar-refractivity contribution in [1.82, 2.24) is 0 Å². The molecular weight excluding hydrogens is 410 g/mol. The Morgan fingerprint density at radius 2 is 1.06 bits per heavy atom. The number of nitrogens with zero attached hydrogens (tertiary/aromatic N) is 1. The Hall–Kier alpha value is -4.31. The summed E-state index contributed by atoms with van der Waals surface area (Å²) in [5, 5.41) is 0. The quantitative estimate of drug-likeness (QED) is 0.283. The SMILES string of the molecule is COc1ccc(-c2oc(-c3ccccc3)[n+](-c3ccccc3)c2-c2ccc(OC)cc2)cc1. The number of hydrogen-bond donors (Lipinski definition) is 0. The van der Waals surface area contributed by atoms with E-state index in [0.717, 1.165) is 51.2 Å². The summed E-state index contributed by atoms with van der Waals surface area (Å²) in [5.41, 5.74) is 4.97. The highest BCUT2D eigenvalue weighted by atomic mass is 16.5. The van der Waals surface area contributed by atoms with E-state index in [1.807, 2.05) is 72.8 Å². The molecule has 4 nitrogen and oxygen atoms in total. The molecule has 1 heterocycles. The Morgan fingerprint density at radius 3 is 1.61 bits per heavy atom. The van der Waals surface area contributed by atoms with Crippen LogP contribution in [0.1, 0.15) is 0 Å². The van der Waals surface area contributed by atoms with Crippen LogP contribution in [-0.4, -0.2) is 14.2 Å². The third-order valence-electron chi connectivity index (χ3n) is 5.59. The summed E-state index contributed by atoms with van der Waals surface area (Å²) < 4.78 is 19.6. The minimum absolute atomic E-state index is 0.762. The van der Waals surface area contributed by atoms with Gasteiger partial charge >= 0.3 is 5.89 Å². The first-order valence-corrected chi connectivity index (χ1v) is 10.8. The zero-order valence-electron chi connectivity index (χ0n) is 18.6. The lowest BCUT2D eigenvalue weighted by Gasteiger charge is -2.04. The summed E-state index contributed by atoms with van der Waals surface area (Å²) >= 11 is 0. The Kier molecular flexibility index (Phi) is 5.64. The van der Waals surface area contributed by atoms with E-state index in [1.54, 1.807) is 14.2 Å². The summed E-state index contributed by atoms with van der Waals surface area (Å²) in [6, 6.07) is 36.5. The zero-order valence-corrected chi connectivity index (χ0v) is 18.6. The number of rotatable bonds is 6. The standard InChI is InChI=1S/C29H24NO3/c1-31-25-17-13-21(14-18-25)27-28(22-15-19-26(32-2)20-16-22)33-29(23-9-5-3-6-10-23)30(27)24-11-7-4-8-12-24/h3-20H,1-2H3/q+1. The molecule has 0 saturated carbocycles. The number of methoxy groups -OCH3 is 2. The molecule has 0 aliphatic carbocycles. The van der Waals surface area contributed by atoms with E-state index in [4.69, 9.17) is 13.9 Å². The molecular formula is C29H24NO3+. The normalized spacial score (nSPS) is 10.7. The monoisotopic (exact) mass is 434 g/mol. The van der Waals surface area contributed by atoms with Crippen molar-refractivity contribution in [1.29, 1.82) is 0 Å². The molecule has 0 unspecified atom stereocenters. The number of para-hydroxylation sites is 1. The molecule has 0 aliphatic rings. The highest BCUT2D eigenvalue weighted by Crippen LogP contribution is 2.37. The Morgan fingerprint density at radius 1 is 0.545 bits per heavy atom. The van der Waals surface area contributed by atoms with Gasteiger partial charge in [-0.15, -0.1) is 4.57 Å². The molecule has 0 amide bonds. The molecule has 0 atom stereocenters. The third-order valence-corrected chi connectivity index (χ3v) is 5.59. The molecule has 5 aromatic rings. The molecule has 0 aliphatic heterocycles. The predicted octanol–water partition coefficient (Wildman–Crippen LogP) is 6.57. The minimum atomic E-state index is 0.762. The second-order valence-electron chi connectivity index (χ2n) is 7.58. The average Bonchev–Trinajstić information content (AvgIpc) is 3.30. The first kappa shape index (κ1) is 20.6. The van der Waals surface area contributed by atoms with E-state index >= 15 is 0 Å². The highest BCUT2D eigenvalue weighted by Gasteiger charge is 2.33. The molecule has 4 heteroatoms. The summed E-state index contributed by atoms with van der Waals surface area (Å²) in [6.07, 6.45) is 0. The number of ether oxygens (including phenoxy) is 2. The highest BCUT2D eigenvalue weighted by molar-refractivity contribution is 5.77. The minimum Gasteiger partial charge on any atom is -0.497 e. The predicted molar refractivity (Wildman–Crippen MR) is 130 cm³/mol. The van der Waals surface area contributed by atoms with Gasteiger partial charge in [-0.3, -0.25) is 0 Å². The Labute approximate surface area is 193 Å². The van der Waals surface area contributed by atoms with E-state index in [9.17, 15) is 0 Å². The van der Waals surface area contributed by atoms with Crippen LogP contribution in [0.2, 0.25) is 0 Å². The summed E-state index contributed by atoms with van der Waals surface area (Å²) in [4.78, 5) is 0. The third kappa shape index (κ3) is 3.99. The van der Waals surface area contributed by atoms with Crippen LogP contribution in [0.15, 0.2) is 114 Å². The van der Waals surface area contributed by atoms with Crippen molar-refractivity contribution in [3.05, 3.63) is 109 Å². The van der Waals surface area contributed by atoms with E-state index in [0.29, 0.717) is 0 Å². The van der Waals surface area contributed by atoms with Crippen molar-refractivity contribution in [2.45, 2.75) is 0 Å². The second-order valence-corrected chi connectivity index (χ2v) is 7.58. The van der Waals surface area contributed by atoms with E-state index in [2.05, 4.69) is 41.0 Å². The fourth-order valence-electron chi connectivity index (χ4n) is 3.93. The van der Waals surface area contributed by atoms with Crippen LogP contribution >= 0.6 is 0 Å². The number of hydrogen-bond acceptors (Lipinski definition) is 3. The zero-order chi connectivity index (χ0) is 22.6. The van der Waals surface area contributed by atoms with Gasteiger partial charge in [0.2, 0.25) is 11.4 Å². The fourth-order valence-corrected chi connectivity index (χ4v) is 3.93. The van der Waals surface area contributed by atoms with Crippen LogP contribution in [-0.2, 0) is 0 Å². The molecule has 0 radical (unpaired) electrons. The van der Waals surface area contributed by atoms with Crippen molar-refractivity contribution in [3.63, 3.8) is 0 Å². The Balaban J connectivity index is 1.83. The molecule has 0 bridgehead atoms. The van der Waals surface area contributed by atoms with Crippen molar-refractivity contribution in [2.24, 2.45) is 0 Å². The van der Waals surface area contributed by atoms with Crippen molar-refractivity contribution < 1.29 is 18.5 Å².